The molecule has 0 atom stereocenters. The van der Waals surface area contributed by atoms with Crippen LogP contribution < -0.4 is 4.74 Å². The molecule has 0 aliphatic carbocycles. The van der Waals surface area contributed by atoms with Crippen LogP contribution in [-0.2, 0) is 10.7 Å². The van der Waals surface area contributed by atoms with Crippen molar-refractivity contribution in [2.24, 2.45) is 0 Å². The Balaban J connectivity index is 3.15. The van der Waals surface area contributed by atoms with Crippen LogP contribution in [0, 0.1) is 0 Å². The summed E-state index contributed by atoms with van der Waals surface area (Å²) in [5, 5.41) is 8.62. The number of aliphatic carboxylic acids is 1. The van der Waals surface area contributed by atoms with Crippen molar-refractivity contribution in [3.05, 3.63) is 28.8 Å². The van der Waals surface area contributed by atoms with Crippen molar-refractivity contribution in [1.82, 2.24) is 0 Å². The molecule has 0 heterocycles. The predicted octanol–water partition coefficient (Wildman–Crippen LogP) is 2.92. The summed E-state index contributed by atoms with van der Waals surface area (Å²) in [5.74, 6) is -5.19. The topological polar surface area (TPSA) is 46.5 Å². The summed E-state index contributed by atoms with van der Waals surface area (Å²) in [5.41, 5.74) is -0.484. The zero-order chi connectivity index (χ0) is 12.3. The minimum absolute atomic E-state index is 0.126. The molecule has 0 aromatic heterocycles. The van der Waals surface area contributed by atoms with E-state index in [1.54, 1.807) is 0 Å². The van der Waals surface area contributed by atoms with Gasteiger partial charge < -0.3 is 9.84 Å². The first-order chi connectivity index (χ1) is 7.36. The Hall–Kier alpha value is -1.36. The minimum atomic E-state index is -3.48. The molecule has 6 heteroatoms. The lowest BCUT2D eigenvalue weighted by Gasteiger charge is -2.17. The van der Waals surface area contributed by atoms with Crippen LogP contribution in [0.3, 0.4) is 0 Å². The number of hydrogen-bond donors (Lipinski definition) is 1. The number of rotatable bonds is 4. The number of carbonyl (C=O) groups is 1. The highest BCUT2D eigenvalue weighted by molar-refractivity contribution is 6.30. The van der Waals surface area contributed by atoms with Gasteiger partial charge in [0.25, 0.3) is 5.92 Å². The minimum Gasteiger partial charge on any atom is -0.496 e. The number of benzene rings is 1. The molecule has 0 fully saturated rings. The van der Waals surface area contributed by atoms with Crippen LogP contribution >= 0.6 is 11.6 Å². The van der Waals surface area contributed by atoms with Crippen LogP contribution in [0.5, 0.6) is 5.75 Å². The Kier molecular flexibility index (Phi) is 3.70. The summed E-state index contributed by atoms with van der Waals surface area (Å²) in [6, 6.07) is 3.53. The van der Waals surface area contributed by atoms with E-state index in [9.17, 15) is 13.6 Å². The fourth-order valence-electron chi connectivity index (χ4n) is 1.25. The number of halogens is 3. The third-order valence-corrected chi connectivity index (χ3v) is 2.17. The van der Waals surface area contributed by atoms with Crippen molar-refractivity contribution in [3.8, 4) is 5.75 Å². The van der Waals surface area contributed by atoms with Gasteiger partial charge in [0.2, 0.25) is 0 Å². The number of methoxy groups -OCH3 is 1. The number of carboxylic acids is 1. The molecule has 0 spiro atoms. The van der Waals surface area contributed by atoms with Gasteiger partial charge in [-0.1, -0.05) is 11.6 Å². The van der Waals surface area contributed by atoms with Gasteiger partial charge in [-0.25, -0.2) is 8.78 Å². The fraction of sp³-hybridized carbons (Fsp3) is 0.300. The summed E-state index contributed by atoms with van der Waals surface area (Å²) < 4.78 is 31.7. The van der Waals surface area contributed by atoms with Gasteiger partial charge in [-0.2, -0.15) is 0 Å². The Labute approximate surface area is 95.6 Å². The molecule has 0 saturated carbocycles. The van der Waals surface area contributed by atoms with Crippen molar-refractivity contribution < 1.29 is 23.4 Å². The average Bonchev–Trinajstić information content (AvgIpc) is 2.15. The monoisotopic (exact) mass is 250 g/mol. The molecule has 0 unspecified atom stereocenters. The van der Waals surface area contributed by atoms with Crippen molar-refractivity contribution in [1.29, 1.82) is 0 Å². The number of carboxylic acid groups (broad SMARTS) is 1. The second-order valence-corrected chi connectivity index (χ2v) is 3.56. The van der Waals surface area contributed by atoms with Crippen molar-refractivity contribution in [3.63, 3.8) is 0 Å². The highest BCUT2D eigenvalue weighted by Crippen LogP contribution is 2.38. The smallest absolute Gasteiger partial charge is 0.309 e. The zero-order valence-electron chi connectivity index (χ0n) is 8.34. The van der Waals surface area contributed by atoms with Crippen LogP contribution in [0.2, 0.25) is 5.02 Å². The van der Waals surface area contributed by atoms with Crippen LogP contribution in [0.1, 0.15) is 12.0 Å². The number of hydrogen-bond acceptors (Lipinski definition) is 2. The Bertz CT molecular complexity index is 407. The van der Waals surface area contributed by atoms with Crippen molar-refractivity contribution in [2.45, 2.75) is 12.3 Å². The Morgan fingerprint density at radius 1 is 1.56 bits per heavy atom. The van der Waals surface area contributed by atoms with E-state index in [-0.39, 0.29) is 10.8 Å². The molecule has 0 amide bonds. The summed E-state index contributed by atoms with van der Waals surface area (Å²) >= 11 is 5.61. The van der Waals surface area contributed by atoms with Gasteiger partial charge >= 0.3 is 5.97 Å². The van der Waals surface area contributed by atoms with Crippen molar-refractivity contribution in [2.75, 3.05) is 7.11 Å². The van der Waals surface area contributed by atoms with E-state index >= 15 is 0 Å². The van der Waals surface area contributed by atoms with Gasteiger partial charge in [0.15, 0.2) is 0 Å². The van der Waals surface area contributed by atoms with E-state index in [2.05, 4.69) is 0 Å². The molecule has 0 bridgehead atoms. The highest BCUT2D eigenvalue weighted by atomic mass is 35.5. The highest BCUT2D eigenvalue weighted by Gasteiger charge is 2.37. The van der Waals surface area contributed by atoms with Gasteiger partial charge in [-0.15, -0.1) is 0 Å². The van der Waals surface area contributed by atoms with Gasteiger partial charge in [0.1, 0.15) is 12.2 Å². The van der Waals surface area contributed by atoms with Crippen LogP contribution in [-0.4, -0.2) is 18.2 Å². The Morgan fingerprint density at radius 2 is 2.19 bits per heavy atom. The van der Waals surface area contributed by atoms with E-state index < -0.39 is 23.9 Å². The SMILES string of the molecule is COc1cc(Cl)ccc1C(F)(F)CC(=O)O. The molecule has 1 aromatic carbocycles. The van der Waals surface area contributed by atoms with Gasteiger partial charge in [0.05, 0.1) is 12.7 Å². The molecular formula is C10H9ClF2O3. The van der Waals surface area contributed by atoms with Crippen LogP contribution in [0.15, 0.2) is 18.2 Å². The molecule has 0 aliphatic rings. The molecule has 1 aromatic rings. The molecule has 0 radical (unpaired) electrons. The van der Waals surface area contributed by atoms with E-state index in [4.69, 9.17) is 21.4 Å². The van der Waals surface area contributed by atoms with Gasteiger partial charge in [-0.3, -0.25) is 4.79 Å². The van der Waals surface area contributed by atoms with E-state index in [1.165, 1.54) is 19.2 Å². The van der Waals surface area contributed by atoms with Crippen LogP contribution in [0.25, 0.3) is 0 Å². The molecule has 1 rings (SSSR count). The molecule has 16 heavy (non-hydrogen) atoms. The molecule has 0 aliphatic heterocycles. The second kappa shape index (κ2) is 4.65. The summed E-state index contributed by atoms with van der Waals surface area (Å²) in [7, 11) is 1.21. The molecule has 88 valence electrons. The summed E-state index contributed by atoms with van der Waals surface area (Å²) in [4.78, 5) is 10.3. The molecular weight excluding hydrogens is 242 g/mol. The first kappa shape index (κ1) is 12.7. The lowest BCUT2D eigenvalue weighted by molar-refractivity contribution is -0.145. The van der Waals surface area contributed by atoms with E-state index in [0.717, 1.165) is 6.07 Å². The van der Waals surface area contributed by atoms with Gasteiger partial charge in [0, 0.05) is 5.02 Å². The normalized spacial score (nSPS) is 11.2. The largest absolute Gasteiger partial charge is 0.496 e. The van der Waals surface area contributed by atoms with Gasteiger partial charge in [-0.05, 0) is 18.2 Å². The first-order valence-corrected chi connectivity index (χ1v) is 4.68. The zero-order valence-corrected chi connectivity index (χ0v) is 9.09. The second-order valence-electron chi connectivity index (χ2n) is 3.12. The molecule has 3 nitrogen and oxygen atoms in total. The summed E-state index contributed by atoms with van der Waals surface area (Å²) in [6.45, 7) is 0. The van der Waals surface area contributed by atoms with E-state index in [1.807, 2.05) is 0 Å². The average molecular weight is 251 g/mol. The third-order valence-electron chi connectivity index (χ3n) is 1.93. The maximum Gasteiger partial charge on any atom is 0.309 e. The number of alkyl halides is 2. The summed E-state index contributed by atoms with van der Waals surface area (Å²) in [6.07, 6.45) is -1.29. The first-order valence-electron chi connectivity index (χ1n) is 4.30. The maximum absolute atomic E-state index is 13.5. The van der Waals surface area contributed by atoms with E-state index in [0.29, 0.717) is 0 Å². The van der Waals surface area contributed by atoms with Crippen molar-refractivity contribution >= 4 is 17.6 Å². The predicted molar refractivity (Wildman–Crippen MR) is 54.2 cm³/mol. The maximum atomic E-state index is 13.5. The number of ether oxygens (including phenoxy) is 1. The molecule has 1 N–H and O–H groups in total. The quantitative estimate of drug-likeness (QED) is 0.894. The lowest BCUT2D eigenvalue weighted by Crippen LogP contribution is -2.19. The third kappa shape index (κ3) is 2.82. The lowest BCUT2D eigenvalue weighted by atomic mass is 10.0. The molecule has 0 saturated heterocycles. The standard InChI is InChI=1S/C10H9ClF2O3/c1-16-8-4-6(11)2-3-7(8)10(12,13)5-9(14)15/h2-4H,5H2,1H3,(H,14,15). The van der Waals surface area contributed by atoms with Crippen LogP contribution in [0.4, 0.5) is 8.78 Å². The fourth-order valence-corrected chi connectivity index (χ4v) is 1.41. The Morgan fingerprint density at radius 3 is 2.69 bits per heavy atom.